The van der Waals surface area contributed by atoms with Crippen molar-refractivity contribution in [2.75, 3.05) is 0 Å². The van der Waals surface area contributed by atoms with Crippen LogP contribution in [0.1, 0.15) is 24.8 Å². The van der Waals surface area contributed by atoms with E-state index in [-0.39, 0.29) is 18.6 Å². The molecule has 24 heavy (non-hydrogen) atoms. The lowest BCUT2D eigenvalue weighted by atomic mass is 10.1. The van der Waals surface area contributed by atoms with E-state index in [0.29, 0.717) is 17.1 Å². The highest BCUT2D eigenvalue weighted by Gasteiger charge is 2.33. The van der Waals surface area contributed by atoms with Gasteiger partial charge in [0.25, 0.3) is 11.8 Å². The summed E-state index contributed by atoms with van der Waals surface area (Å²) in [7, 11) is 0. The Morgan fingerprint density at radius 1 is 1.04 bits per heavy atom. The van der Waals surface area contributed by atoms with Gasteiger partial charge in [-0.2, -0.15) is 0 Å². The molecule has 1 aromatic rings. The first-order chi connectivity index (χ1) is 11.5. The van der Waals surface area contributed by atoms with Crippen molar-refractivity contribution >= 4 is 23.9 Å². The van der Waals surface area contributed by atoms with Crippen LogP contribution in [-0.2, 0) is 19.2 Å². The minimum atomic E-state index is -0.692. The fourth-order valence-corrected chi connectivity index (χ4v) is 2.39. The summed E-state index contributed by atoms with van der Waals surface area (Å²) in [6.07, 6.45) is 7.62. The summed E-state index contributed by atoms with van der Waals surface area (Å²) in [5.41, 5.74) is 2.19. The number of aromatic hydroxyl groups is 1. The van der Waals surface area contributed by atoms with Crippen molar-refractivity contribution in [3.8, 4) is 5.75 Å². The standard InChI is InChI=1S/C18H15NO5/c20-15-7-4-12(5-8-15)1-2-13-3-6-14(11-13)18(23)24-19-16(21)9-10-17(19)22/h1-8,20H,9-11H2/b2-1+. The Labute approximate surface area is 138 Å². The molecule has 0 bridgehead atoms. The van der Waals surface area contributed by atoms with Gasteiger partial charge in [-0.05, 0) is 23.3 Å². The highest BCUT2D eigenvalue weighted by molar-refractivity contribution is 6.02. The van der Waals surface area contributed by atoms with E-state index in [1.54, 1.807) is 36.4 Å². The summed E-state index contributed by atoms with van der Waals surface area (Å²) in [5, 5.41) is 9.79. The summed E-state index contributed by atoms with van der Waals surface area (Å²) in [5.74, 6) is -1.48. The SMILES string of the molecule is O=C(ON1C(=O)CCC1=O)C1=CC=C(/C=C/c2ccc(O)cc2)C1. The van der Waals surface area contributed by atoms with Crippen LogP contribution in [0.3, 0.4) is 0 Å². The topological polar surface area (TPSA) is 83.9 Å². The van der Waals surface area contributed by atoms with Crippen LogP contribution in [-0.4, -0.2) is 28.0 Å². The molecule has 0 saturated carbocycles. The van der Waals surface area contributed by atoms with Gasteiger partial charge in [0, 0.05) is 24.8 Å². The molecule has 1 fully saturated rings. The quantitative estimate of drug-likeness (QED) is 0.859. The highest BCUT2D eigenvalue weighted by atomic mass is 16.7. The Hall–Kier alpha value is -3.15. The largest absolute Gasteiger partial charge is 0.508 e. The number of carbonyl (C=O) groups excluding carboxylic acids is 3. The zero-order valence-electron chi connectivity index (χ0n) is 12.8. The Balaban J connectivity index is 1.56. The van der Waals surface area contributed by atoms with Gasteiger partial charge >= 0.3 is 5.97 Å². The number of rotatable bonds is 4. The van der Waals surface area contributed by atoms with E-state index in [1.165, 1.54) is 0 Å². The van der Waals surface area contributed by atoms with Gasteiger partial charge in [0.1, 0.15) is 5.75 Å². The molecule has 122 valence electrons. The Morgan fingerprint density at radius 3 is 2.38 bits per heavy atom. The van der Waals surface area contributed by atoms with Crippen LogP contribution in [0.25, 0.3) is 6.08 Å². The Morgan fingerprint density at radius 2 is 1.71 bits per heavy atom. The number of nitrogens with zero attached hydrogens (tertiary/aromatic N) is 1. The van der Waals surface area contributed by atoms with Crippen molar-refractivity contribution in [2.24, 2.45) is 0 Å². The first-order valence-corrected chi connectivity index (χ1v) is 7.48. The van der Waals surface area contributed by atoms with E-state index in [4.69, 9.17) is 4.84 Å². The van der Waals surface area contributed by atoms with Crippen molar-refractivity contribution in [2.45, 2.75) is 19.3 Å². The fourth-order valence-electron chi connectivity index (χ4n) is 2.39. The molecule has 3 rings (SSSR count). The monoisotopic (exact) mass is 325 g/mol. The van der Waals surface area contributed by atoms with E-state index >= 15 is 0 Å². The maximum atomic E-state index is 12.0. The number of carbonyl (C=O) groups is 3. The first-order valence-electron chi connectivity index (χ1n) is 7.48. The molecule has 1 N–H and O–H groups in total. The molecule has 0 radical (unpaired) electrons. The summed E-state index contributed by atoms with van der Waals surface area (Å²) >= 11 is 0. The molecular formula is C18H15NO5. The average molecular weight is 325 g/mol. The second kappa shape index (κ2) is 6.54. The molecule has 0 spiro atoms. The predicted molar refractivity (Wildman–Crippen MR) is 85.1 cm³/mol. The second-order valence-electron chi connectivity index (χ2n) is 5.50. The first kappa shape index (κ1) is 15.7. The van der Waals surface area contributed by atoms with Gasteiger partial charge in [-0.3, -0.25) is 9.59 Å². The Bertz CT molecular complexity index is 770. The summed E-state index contributed by atoms with van der Waals surface area (Å²) in [4.78, 5) is 39.8. The molecule has 2 aliphatic rings. The van der Waals surface area contributed by atoms with Crippen molar-refractivity contribution in [3.05, 3.63) is 59.2 Å². The molecule has 1 saturated heterocycles. The van der Waals surface area contributed by atoms with Crippen LogP contribution in [0.4, 0.5) is 0 Å². The van der Waals surface area contributed by atoms with Gasteiger partial charge < -0.3 is 9.94 Å². The molecule has 2 amide bonds. The van der Waals surface area contributed by atoms with Crippen LogP contribution in [0.15, 0.2) is 53.6 Å². The number of imide groups is 1. The molecule has 0 unspecified atom stereocenters. The van der Waals surface area contributed by atoms with Crippen LogP contribution in [0.2, 0.25) is 0 Å². The lowest BCUT2D eigenvalue weighted by molar-refractivity contribution is -0.194. The smallest absolute Gasteiger partial charge is 0.360 e. The average Bonchev–Trinajstić information content (AvgIpc) is 3.16. The van der Waals surface area contributed by atoms with Gasteiger partial charge in [0.05, 0.1) is 0 Å². The summed E-state index contributed by atoms with van der Waals surface area (Å²) in [6.45, 7) is 0. The number of hydroxylamine groups is 2. The molecule has 6 heteroatoms. The summed E-state index contributed by atoms with van der Waals surface area (Å²) in [6, 6.07) is 6.73. The third kappa shape index (κ3) is 3.43. The van der Waals surface area contributed by atoms with E-state index in [9.17, 15) is 19.5 Å². The zero-order valence-corrected chi connectivity index (χ0v) is 12.8. The predicted octanol–water partition coefficient (Wildman–Crippen LogP) is 2.27. The molecular weight excluding hydrogens is 310 g/mol. The van der Waals surface area contributed by atoms with E-state index in [2.05, 4.69) is 0 Å². The number of phenolic OH excluding ortho intramolecular Hbond substituents is 1. The van der Waals surface area contributed by atoms with E-state index in [1.807, 2.05) is 12.2 Å². The molecule has 0 atom stereocenters. The number of phenols is 1. The minimum Gasteiger partial charge on any atom is -0.508 e. The molecule has 1 aliphatic heterocycles. The van der Waals surface area contributed by atoms with Gasteiger partial charge in [-0.1, -0.05) is 36.4 Å². The molecule has 1 aromatic carbocycles. The number of allylic oxidation sites excluding steroid dienone is 4. The van der Waals surface area contributed by atoms with Gasteiger partial charge in [0.2, 0.25) is 0 Å². The minimum absolute atomic E-state index is 0.0734. The maximum absolute atomic E-state index is 12.0. The molecule has 6 nitrogen and oxygen atoms in total. The van der Waals surface area contributed by atoms with Crippen molar-refractivity contribution in [3.63, 3.8) is 0 Å². The van der Waals surface area contributed by atoms with Crippen LogP contribution in [0, 0.1) is 0 Å². The van der Waals surface area contributed by atoms with Crippen molar-refractivity contribution < 1.29 is 24.3 Å². The van der Waals surface area contributed by atoms with Gasteiger partial charge in [-0.15, -0.1) is 5.06 Å². The maximum Gasteiger partial charge on any atom is 0.360 e. The van der Waals surface area contributed by atoms with Gasteiger partial charge in [0.15, 0.2) is 0 Å². The number of amides is 2. The fraction of sp³-hybridized carbons (Fsp3) is 0.167. The third-order valence-electron chi connectivity index (χ3n) is 3.72. The Kier molecular flexibility index (Phi) is 4.29. The second-order valence-corrected chi connectivity index (χ2v) is 5.50. The number of benzene rings is 1. The molecule has 1 aliphatic carbocycles. The van der Waals surface area contributed by atoms with E-state index < -0.39 is 17.8 Å². The van der Waals surface area contributed by atoms with Crippen LogP contribution >= 0.6 is 0 Å². The van der Waals surface area contributed by atoms with Gasteiger partial charge in [-0.25, -0.2) is 4.79 Å². The van der Waals surface area contributed by atoms with Crippen molar-refractivity contribution in [1.82, 2.24) is 5.06 Å². The normalized spacial score (nSPS) is 17.4. The molecule has 0 aromatic heterocycles. The third-order valence-corrected chi connectivity index (χ3v) is 3.72. The molecule has 1 heterocycles. The highest BCUT2D eigenvalue weighted by Crippen LogP contribution is 2.23. The zero-order chi connectivity index (χ0) is 17.1. The number of hydrogen-bond acceptors (Lipinski definition) is 5. The lowest BCUT2D eigenvalue weighted by Crippen LogP contribution is -2.32. The van der Waals surface area contributed by atoms with Crippen LogP contribution in [0.5, 0.6) is 5.75 Å². The lowest BCUT2D eigenvalue weighted by Gasteiger charge is -2.12. The van der Waals surface area contributed by atoms with Crippen molar-refractivity contribution in [1.29, 1.82) is 0 Å². The van der Waals surface area contributed by atoms with Crippen LogP contribution < -0.4 is 0 Å². The summed E-state index contributed by atoms with van der Waals surface area (Å²) < 4.78 is 0. The number of hydrogen-bond donors (Lipinski definition) is 1. The van der Waals surface area contributed by atoms with E-state index in [0.717, 1.165) is 11.1 Å².